The van der Waals surface area contributed by atoms with E-state index in [9.17, 15) is 14.7 Å². The maximum atomic E-state index is 13.5. The first-order valence-corrected chi connectivity index (χ1v) is 10.8. The number of rotatable bonds is 5. The third-order valence-electron chi connectivity index (χ3n) is 6.47. The van der Waals surface area contributed by atoms with Crippen LogP contribution in [0.1, 0.15) is 42.7 Å². The number of aromatic hydroxyl groups is 1. The Morgan fingerprint density at radius 3 is 2.27 bits per heavy atom. The Kier molecular flexibility index (Phi) is 6.22. The number of benzene rings is 2. The number of Topliss-reactive ketones (excluding diaryl/α,β-unsaturated/α-hetero) is 1. The summed E-state index contributed by atoms with van der Waals surface area (Å²) in [6, 6.07) is 12.3. The highest BCUT2D eigenvalue weighted by atomic mass is 16.5. The van der Waals surface area contributed by atoms with E-state index in [0.717, 1.165) is 11.1 Å². The van der Waals surface area contributed by atoms with Crippen molar-refractivity contribution in [1.82, 2.24) is 0 Å². The Hall–Kier alpha value is -3.61. The van der Waals surface area contributed by atoms with Gasteiger partial charge in [0.1, 0.15) is 11.7 Å². The van der Waals surface area contributed by atoms with Crippen LogP contribution in [0, 0.1) is 5.92 Å². The van der Waals surface area contributed by atoms with E-state index in [1.54, 1.807) is 45.4 Å². The summed E-state index contributed by atoms with van der Waals surface area (Å²) in [7, 11) is 4.50. The first-order valence-electron chi connectivity index (χ1n) is 10.8. The Morgan fingerprint density at radius 1 is 0.970 bits per heavy atom. The van der Waals surface area contributed by atoms with Crippen molar-refractivity contribution < 1.29 is 28.9 Å². The molecule has 2 aromatic rings. The van der Waals surface area contributed by atoms with E-state index in [2.05, 4.69) is 0 Å². The number of phenolic OH excluding ortho intramolecular Hbond substituents is 1. The van der Waals surface area contributed by atoms with Gasteiger partial charge in [0.05, 0.1) is 21.3 Å². The molecule has 2 aliphatic rings. The summed E-state index contributed by atoms with van der Waals surface area (Å²) in [6.45, 7) is 1.79. The van der Waals surface area contributed by atoms with Crippen LogP contribution in [0.2, 0.25) is 0 Å². The molecule has 1 aliphatic carbocycles. The van der Waals surface area contributed by atoms with Gasteiger partial charge in [-0.25, -0.2) is 0 Å². The van der Waals surface area contributed by atoms with Gasteiger partial charge in [-0.15, -0.1) is 0 Å². The number of allylic oxidation sites excluding steroid dienone is 2. The lowest BCUT2D eigenvalue weighted by molar-refractivity contribution is -0.143. The van der Waals surface area contributed by atoms with E-state index in [0.29, 0.717) is 41.3 Å². The zero-order chi connectivity index (χ0) is 23.7. The van der Waals surface area contributed by atoms with Gasteiger partial charge in [-0.05, 0) is 54.7 Å². The van der Waals surface area contributed by atoms with Gasteiger partial charge >= 0.3 is 5.97 Å². The highest BCUT2D eigenvalue weighted by Gasteiger charge is 2.44. The molecule has 0 amide bonds. The molecule has 1 aliphatic heterocycles. The quantitative estimate of drug-likeness (QED) is 0.689. The van der Waals surface area contributed by atoms with Crippen LogP contribution in [-0.2, 0) is 14.3 Å². The number of ketones is 1. The van der Waals surface area contributed by atoms with Crippen molar-refractivity contribution in [2.45, 2.75) is 31.6 Å². The maximum Gasteiger partial charge on any atom is 0.315 e. The molecule has 3 atom stereocenters. The van der Waals surface area contributed by atoms with Crippen LogP contribution in [0.5, 0.6) is 17.2 Å². The highest BCUT2D eigenvalue weighted by Crippen LogP contribution is 2.47. The molecule has 0 spiro atoms. The monoisotopic (exact) mass is 449 g/mol. The second-order valence-corrected chi connectivity index (χ2v) is 8.33. The summed E-state index contributed by atoms with van der Waals surface area (Å²) >= 11 is 0. The molecule has 1 unspecified atom stereocenters. The first-order chi connectivity index (χ1) is 15.9. The van der Waals surface area contributed by atoms with E-state index in [1.807, 2.05) is 18.2 Å². The van der Waals surface area contributed by atoms with Crippen molar-refractivity contribution in [2.24, 2.45) is 10.9 Å². The minimum Gasteiger partial charge on any atom is -0.508 e. The maximum absolute atomic E-state index is 13.5. The zero-order valence-corrected chi connectivity index (χ0v) is 19.1. The lowest BCUT2D eigenvalue weighted by atomic mass is 9.69. The smallest absolute Gasteiger partial charge is 0.315 e. The van der Waals surface area contributed by atoms with Gasteiger partial charge in [0.15, 0.2) is 17.3 Å². The van der Waals surface area contributed by atoms with Gasteiger partial charge in [0.2, 0.25) is 0 Å². The average molecular weight is 450 g/mol. The molecule has 33 heavy (non-hydrogen) atoms. The minimum absolute atomic E-state index is 0.0423. The number of esters is 1. The molecule has 7 nitrogen and oxygen atoms in total. The van der Waals surface area contributed by atoms with Gasteiger partial charge in [-0.2, -0.15) is 0 Å². The number of hydrogen-bond acceptors (Lipinski definition) is 7. The Bertz CT molecular complexity index is 1150. The van der Waals surface area contributed by atoms with E-state index in [1.165, 1.54) is 7.11 Å². The van der Waals surface area contributed by atoms with Gasteiger partial charge in [-0.3, -0.25) is 14.6 Å². The summed E-state index contributed by atoms with van der Waals surface area (Å²) < 4.78 is 15.8. The molecular weight excluding hydrogens is 422 g/mol. The van der Waals surface area contributed by atoms with Crippen molar-refractivity contribution >= 4 is 17.5 Å². The van der Waals surface area contributed by atoms with Gasteiger partial charge < -0.3 is 19.3 Å². The normalized spacial score (nSPS) is 22.4. The molecule has 0 saturated heterocycles. The summed E-state index contributed by atoms with van der Waals surface area (Å²) in [5.74, 6) is -0.393. The molecule has 7 heteroatoms. The van der Waals surface area contributed by atoms with Gasteiger partial charge in [0.25, 0.3) is 0 Å². The highest BCUT2D eigenvalue weighted by molar-refractivity contribution is 6.09. The average Bonchev–Trinajstić information content (AvgIpc) is 2.82. The summed E-state index contributed by atoms with van der Waals surface area (Å²) in [5, 5.41) is 9.74. The lowest BCUT2D eigenvalue weighted by Gasteiger charge is -2.36. The molecule has 1 heterocycles. The molecule has 0 saturated carbocycles. The van der Waals surface area contributed by atoms with Crippen molar-refractivity contribution in [3.05, 3.63) is 64.9 Å². The third kappa shape index (κ3) is 4.11. The zero-order valence-electron chi connectivity index (χ0n) is 19.1. The van der Waals surface area contributed by atoms with Crippen LogP contribution < -0.4 is 9.47 Å². The number of carbonyl (C=O) groups is 2. The SMILES string of the molecule is COC(=O)C1C(C)=NC2=C(C(=O)C[C@@H](c3ccc(OC)c(OC)c3)C2)[C@H]1c1ccc(O)cc1. The van der Waals surface area contributed by atoms with Crippen LogP contribution in [0.4, 0.5) is 0 Å². The van der Waals surface area contributed by atoms with Crippen molar-refractivity contribution in [2.75, 3.05) is 21.3 Å². The second-order valence-electron chi connectivity index (χ2n) is 8.33. The molecule has 1 N–H and O–H groups in total. The molecule has 0 fully saturated rings. The number of phenols is 1. The summed E-state index contributed by atoms with van der Waals surface area (Å²) in [6.07, 6.45) is 0.863. The Balaban J connectivity index is 1.78. The predicted octanol–water partition coefficient (Wildman–Crippen LogP) is 4.16. The fraction of sp³-hybridized carbons (Fsp3) is 0.346. The van der Waals surface area contributed by atoms with Crippen molar-refractivity contribution in [3.63, 3.8) is 0 Å². The largest absolute Gasteiger partial charge is 0.508 e. The van der Waals surface area contributed by atoms with Crippen LogP contribution in [-0.4, -0.2) is 43.9 Å². The van der Waals surface area contributed by atoms with Gasteiger partial charge in [0, 0.05) is 29.3 Å². The standard InChI is InChI=1S/C26H27NO6/c1-14-23(26(30)33-4)24(15-5-8-18(28)9-6-15)25-19(27-14)11-17(12-20(25)29)16-7-10-21(31-2)22(13-16)32-3/h5-10,13,17,23-24,28H,11-12H2,1-4H3/t17-,23?,24-/m0/s1. The summed E-state index contributed by atoms with van der Waals surface area (Å²) in [5.41, 5.74) is 3.60. The first kappa shape index (κ1) is 22.6. The van der Waals surface area contributed by atoms with Crippen LogP contribution in [0.25, 0.3) is 0 Å². The molecule has 0 radical (unpaired) electrons. The number of hydrogen-bond donors (Lipinski definition) is 1. The number of aliphatic imine (C=N–C) groups is 1. The Morgan fingerprint density at radius 2 is 1.64 bits per heavy atom. The van der Waals surface area contributed by atoms with Crippen LogP contribution >= 0.6 is 0 Å². The predicted molar refractivity (Wildman–Crippen MR) is 123 cm³/mol. The Labute approximate surface area is 192 Å². The number of methoxy groups -OCH3 is 3. The van der Waals surface area contributed by atoms with Crippen molar-refractivity contribution in [3.8, 4) is 17.2 Å². The fourth-order valence-electron chi connectivity index (χ4n) is 4.88. The second kappa shape index (κ2) is 9.10. The lowest BCUT2D eigenvalue weighted by Crippen LogP contribution is -2.37. The molecular formula is C26H27NO6. The number of nitrogens with zero attached hydrogens (tertiary/aromatic N) is 1. The minimum atomic E-state index is -0.695. The number of carbonyl (C=O) groups excluding carboxylic acids is 2. The van der Waals surface area contributed by atoms with Crippen LogP contribution in [0.3, 0.4) is 0 Å². The molecule has 0 bridgehead atoms. The van der Waals surface area contributed by atoms with E-state index in [-0.39, 0.29) is 17.5 Å². The van der Waals surface area contributed by atoms with E-state index < -0.39 is 17.8 Å². The fourth-order valence-corrected chi connectivity index (χ4v) is 4.88. The molecule has 2 aromatic carbocycles. The number of ether oxygens (including phenoxy) is 3. The topological polar surface area (TPSA) is 94.4 Å². The van der Waals surface area contributed by atoms with Crippen LogP contribution in [0.15, 0.2) is 58.7 Å². The summed E-state index contributed by atoms with van der Waals surface area (Å²) in [4.78, 5) is 31.0. The van der Waals surface area contributed by atoms with E-state index in [4.69, 9.17) is 19.2 Å². The molecule has 0 aromatic heterocycles. The molecule has 4 rings (SSSR count). The van der Waals surface area contributed by atoms with Gasteiger partial charge in [-0.1, -0.05) is 18.2 Å². The third-order valence-corrected chi connectivity index (χ3v) is 6.47. The molecule has 172 valence electrons. The van der Waals surface area contributed by atoms with Crippen molar-refractivity contribution in [1.29, 1.82) is 0 Å². The van der Waals surface area contributed by atoms with E-state index >= 15 is 0 Å².